The minimum Gasteiger partial charge on any atom is -0.387 e. The Bertz CT molecular complexity index is 507. The molecule has 84 valence electrons. The standard InChI is InChI=1S/C15H13NO/c1-3-7-12(8-4-1)14-11-16-17-15(14)13-9-5-2-6-10-13/h1-11,14-15H/t14-,15+/m0/s1. The summed E-state index contributed by atoms with van der Waals surface area (Å²) in [6.07, 6.45) is 1.88. The Kier molecular flexibility index (Phi) is 2.62. The summed E-state index contributed by atoms with van der Waals surface area (Å²) in [5, 5.41) is 3.97. The van der Waals surface area contributed by atoms with Crippen molar-refractivity contribution in [1.29, 1.82) is 0 Å². The van der Waals surface area contributed by atoms with E-state index in [-0.39, 0.29) is 12.0 Å². The molecule has 2 nitrogen and oxygen atoms in total. The number of hydrogen-bond acceptors (Lipinski definition) is 2. The molecule has 17 heavy (non-hydrogen) atoms. The second-order valence-electron chi connectivity index (χ2n) is 4.13. The topological polar surface area (TPSA) is 21.6 Å². The summed E-state index contributed by atoms with van der Waals surface area (Å²) in [5.41, 5.74) is 2.40. The van der Waals surface area contributed by atoms with Gasteiger partial charge in [0.15, 0.2) is 6.10 Å². The molecular formula is C15H13NO. The first kappa shape index (κ1) is 10.1. The second kappa shape index (κ2) is 4.42. The monoisotopic (exact) mass is 223 g/mol. The maximum absolute atomic E-state index is 5.48. The van der Waals surface area contributed by atoms with Gasteiger partial charge in [0.25, 0.3) is 0 Å². The molecule has 0 aromatic heterocycles. The number of oxime groups is 1. The Morgan fingerprint density at radius 1 is 0.765 bits per heavy atom. The second-order valence-corrected chi connectivity index (χ2v) is 4.13. The highest BCUT2D eigenvalue weighted by Gasteiger charge is 2.29. The van der Waals surface area contributed by atoms with Crippen molar-refractivity contribution in [3.8, 4) is 0 Å². The number of hydrogen-bond donors (Lipinski definition) is 0. The van der Waals surface area contributed by atoms with Gasteiger partial charge in [0.05, 0.1) is 12.1 Å². The molecule has 0 aliphatic carbocycles. The van der Waals surface area contributed by atoms with Crippen LogP contribution in [-0.4, -0.2) is 6.21 Å². The van der Waals surface area contributed by atoms with Crippen molar-refractivity contribution in [2.45, 2.75) is 12.0 Å². The molecule has 1 aliphatic heterocycles. The van der Waals surface area contributed by atoms with Gasteiger partial charge in [0.2, 0.25) is 0 Å². The number of nitrogens with zero attached hydrogens (tertiary/aromatic N) is 1. The van der Waals surface area contributed by atoms with Gasteiger partial charge in [-0.25, -0.2) is 0 Å². The van der Waals surface area contributed by atoms with Crippen LogP contribution in [0.4, 0.5) is 0 Å². The van der Waals surface area contributed by atoms with Crippen molar-refractivity contribution in [2.24, 2.45) is 5.16 Å². The van der Waals surface area contributed by atoms with Gasteiger partial charge in [-0.05, 0) is 11.1 Å². The summed E-state index contributed by atoms with van der Waals surface area (Å²) < 4.78 is 0. The SMILES string of the molecule is C1=NO[C@H](c2ccccc2)[C@@H]1c1ccccc1. The Balaban J connectivity index is 1.93. The van der Waals surface area contributed by atoms with Gasteiger partial charge in [-0.15, -0.1) is 0 Å². The zero-order valence-electron chi connectivity index (χ0n) is 9.36. The van der Waals surface area contributed by atoms with Crippen molar-refractivity contribution in [2.75, 3.05) is 0 Å². The molecule has 1 heterocycles. The van der Waals surface area contributed by atoms with Crippen molar-refractivity contribution in [1.82, 2.24) is 0 Å². The highest BCUT2D eigenvalue weighted by Crippen LogP contribution is 2.36. The zero-order valence-corrected chi connectivity index (χ0v) is 9.36. The Hall–Kier alpha value is -2.09. The lowest BCUT2D eigenvalue weighted by Gasteiger charge is -2.16. The van der Waals surface area contributed by atoms with Gasteiger partial charge < -0.3 is 4.84 Å². The van der Waals surface area contributed by atoms with Crippen LogP contribution in [0.1, 0.15) is 23.1 Å². The summed E-state index contributed by atoms with van der Waals surface area (Å²) in [6.45, 7) is 0. The van der Waals surface area contributed by atoms with E-state index in [4.69, 9.17) is 4.84 Å². The van der Waals surface area contributed by atoms with Crippen LogP contribution in [0.15, 0.2) is 65.8 Å². The average Bonchev–Trinajstić information content (AvgIpc) is 2.90. The third-order valence-electron chi connectivity index (χ3n) is 3.03. The fraction of sp³-hybridized carbons (Fsp3) is 0.133. The number of rotatable bonds is 2. The molecule has 0 saturated heterocycles. The van der Waals surface area contributed by atoms with Crippen molar-refractivity contribution in [3.63, 3.8) is 0 Å². The summed E-state index contributed by atoms with van der Waals surface area (Å²) in [7, 11) is 0. The number of benzene rings is 2. The maximum atomic E-state index is 5.48. The summed E-state index contributed by atoms with van der Waals surface area (Å²) in [5.74, 6) is 0.207. The normalized spacial score (nSPS) is 22.4. The van der Waals surface area contributed by atoms with E-state index in [2.05, 4.69) is 29.4 Å². The summed E-state index contributed by atoms with van der Waals surface area (Å²) >= 11 is 0. The third-order valence-corrected chi connectivity index (χ3v) is 3.03. The van der Waals surface area contributed by atoms with Crippen LogP contribution in [-0.2, 0) is 4.84 Å². The lowest BCUT2D eigenvalue weighted by Crippen LogP contribution is -2.08. The van der Waals surface area contributed by atoms with Crippen molar-refractivity contribution in [3.05, 3.63) is 71.8 Å². The predicted molar refractivity (Wildman–Crippen MR) is 67.9 cm³/mol. The van der Waals surface area contributed by atoms with E-state index in [1.165, 1.54) is 11.1 Å². The van der Waals surface area contributed by atoms with Crippen molar-refractivity contribution >= 4 is 6.21 Å². The molecule has 0 unspecified atom stereocenters. The van der Waals surface area contributed by atoms with Gasteiger partial charge in [-0.1, -0.05) is 65.8 Å². The Morgan fingerprint density at radius 2 is 1.35 bits per heavy atom. The van der Waals surface area contributed by atoms with E-state index < -0.39 is 0 Å². The largest absolute Gasteiger partial charge is 0.387 e. The maximum Gasteiger partial charge on any atom is 0.164 e. The molecular weight excluding hydrogens is 210 g/mol. The van der Waals surface area contributed by atoms with Crippen molar-refractivity contribution < 1.29 is 4.84 Å². The smallest absolute Gasteiger partial charge is 0.164 e. The molecule has 0 amide bonds. The van der Waals surface area contributed by atoms with Crippen LogP contribution in [0.25, 0.3) is 0 Å². The quantitative estimate of drug-likeness (QED) is 0.763. The van der Waals surface area contributed by atoms with E-state index in [1.54, 1.807) is 0 Å². The molecule has 2 atom stereocenters. The molecule has 2 heteroatoms. The predicted octanol–water partition coefficient (Wildman–Crippen LogP) is 3.53. The molecule has 0 bridgehead atoms. The average molecular weight is 223 g/mol. The first-order valence-corrected chi connectivity index (χ1v) is 5.74. The van der Waals surface area contributed by atoms with Crippen LogP contribution in [0.3, 0.4) is 0 Å². The van der Waals surface area contributed by atoms with Gasteiger partial charge in [-0.3, -0.25) is 0 Å². The highest BCUT2D eigenvalue weighted by molar-refractivity contribution is 5.70. The molecule has 0 radical (unpaired) electrons. The Labute approximate surface area is 101 Å². The van der Waals surface area contributed by atoms with Gasteiger partial charge in [0, 0.05) is 0 Å². The van der Waals surface area contributed by atoms with E-state index in [0.717, 1.165) is 0 Å². The van der Waals surface area contributed by atoms with E-state index in [0.29, 0.717) is 0 Å². The lowest BCUT2D eigenvalue weighted by atomic mass is 9.91. The molecule has 0 spiro atoms. The summed E-state index contributed by atoms with van der Waals surface area (Å²) in [6, 6.07) is 20.6. The minimum absolute atomic E-state index is 0.00130. The van der Waals surface area contributed by atoms with Crippen LogP contribution in [0.2, 0.25) is 0 Å². The third kappa shape index (κ3) is 1.94. The van der Waals surface area contributed by atoms with Gasteiger partial charge >= 0.3 is 0 Å². The highest BCUT2D eigenvalue weighted by atomic mass is 16.6. The molecule has 2 aromatic rings. The van der Waals surface area contributed by atoms with Gasteiger partial charge in [0.1, 0.15) is 0 Å². The van der Waals surface area contributed by atoms with Crippen LogP contribution in [0.5, 0.6) is 0 Å². The molecule has 2 aromatic carbocycles. The van der Waals surface area contributed by atoms with E-state index in [9.17, 15) is 0 Å². The van der Waals surface area contributed by atoms with Crippen LogP contribution < -0.4 is 0 Å². The van der Waals surface area contributed by atoms with E-state index in [1.807, 2.05) is 42.6 Å². The fourth-order valence-corrected chi connectivity index (χ4v) is 2.16. The zero-order chi connectivity index (χ0) is 11.5. The molecule has 0 N–H and O–H groups in total. The van der Waals surface area contributed by atoms with Gasteiger partial charge in [-0.2, -0.15) is 0 Å². The molecule has 0 fully saturated rings. The first-order chi connectivity index (χ1) is 8.45. The molecule has 1 aliphatic rings. The minimum atomic E-state index is -0.00130. The lowest BCUT2D eigenvalue weighted by molar-refractivity contribution is 0.0763. The fourth-order valence-electron chi connectivity index (χ4n) is 2.16. The first-order valence-electron chi connectivity index (χ1n) is 5.74. The van der Waals surface area contributed by atoms with E-state index >= 15 is 0 Å². The van der Waals surface area contributed by atoms with Crippen LogP contribution >= 0.6 is 0 Å². The summed E-state index contributed by atoms with van der Waals surface area (Å²) in [4.78, 5) is 5.48. The molecule has 3 rings (SSSR count). The van der Waals surface area contributed by atoms with Crippen LogP contribution in [0, 0.1) is 0 Å². The Morgan fingerprint density at radius 3 is 2.00 bits per heavy atom. The molecule has 0 saturated carbocycles.